The maximum atomic E-state index is 13.4. The van der Waals surface area contributed by atoms with Crippen LogP contribution in [-0.2, 0) is 14.9 Å². The second-order valence-electron chi connectivity index (χ2n) is 11.6. The standard InChI is InChI=1S/C32H40N4O3/c1-20(2)28(35-31(38)39-7)30(37)36-18-8-9-27(36)29-33-19-26(34-29)24-12-10-22(11-13-24)21(3)23-14-16-25(17-15-23)32(4,5)6/h10-17,19-20,27-28H,3,8-9,18H2,1-2,4-7H3,(H,33,34)(H,35,38)/t27-,28-/m0/s1. The Morgan fingerprint density at radius 2 is 1.69 bits per heavy atom. The van der Waals surface area contributed by atoms with Gasteiger partial charge in [0.25, 0.3) is 0 Å². The Hall–Kier alpha value is -3.87. The zero-order chi connectivity index (χ0) is 28.3. The Kier molecular flexibility index (Phi) is 8.28. The molecule has 1 aliphatic rings. The smallest absolute Gasteiger partial charge is 0.407 e. The minimum absolute atomic E-state index is 0.0743. The largest absolute Gasteiger partial charge is 0.453 e. The number of methoxy groups -OCH3 is 1. The third kappa shape index (κ3) is 6.24. The fourth-order valence-corrected chi connectivity index (χ4v) is 5.03. The molecule has 2 atom stereocenters. The van der Waals surface area contributed by atoms with Gasteiger partial charge in [0.05, 0.1) is 25.0 Å². The van der Waals surface area contributed by atoms with Crippen molar-refractivity contribution in [1.82, 2.24) is 20.2 Å². The topological polar surface area (TPSA) is 87.3 Å². The second kappa shape index (κ2) is 11.5. The number of amides is 2. The summed E-state index contributed by atoms with van der Waals surface area (Å²) in [5.74, 6) is 0.563. The number of alkyl carbamates (subject to hydrolysis) is 1. The van der Waals surface area contributed by atoms with Gasteiger partial charge in [-0.25, -0.2) is 9.78 Å². The molecule has 1 aromatic heterocycles. The number of nitrogens with zero attached hydrogens (tertiary/aromatic N) is 2. The highest BCUT2D eigenvalue weighted by atomic mass is 16.5. The molecule has 1 fully saturated rings. The number of carbonyl (C=O) groups excluding carboxylic acids is 2. The SMILES string of the molecule is C=C(c1ccc(-c2cnc([C@@H]3CCCN3C(=O)[C@@H](NC(=O)OC)C(C)C)[nH]2)cc1)c1ccc(C(C)(C)C)cc1. The van der Waals surface area contributed by atoms with E-state index in [0.29, 0.717) is 6.54 Å². The molecule has 2 heterocycles. The number of nitrogens with one attached hydrogen (secondary N) is 2. The molecule has 0 unspecified atom stereocenters. The van der Waals surface area contributed by atoms with E-state index in [1.54, 1.807) is 0 Å². The van der Waals surface area contributed by atoms with Crippen LogP contribution >= 0.6 is 0 Å². The van der Waals surface area contributed by atoms with Crippen molar-refractivity contribution in [2.24, 2.45) is 5.92 Å². The van der Waals surface area contributed by atoms with Crippen molar-refractivity contribution in [3.8, 4) is 11.3 Å². The lowest BCUT2D eigenvalue weighted by Gasteiger charge is -2.30. The number of hydrogen-bond acceptors (Lipinski definition) is 4. The fourth-order valence-electron chi connectivity index (χ4n) is 5.03. The number of likely N-dealkylation sites (tertiary alicyclic amines) is 1. The van der Waals surface area contributed by atoms with E-state index in [2.05, 4.69) is 91.2 Å². The van der Waals surface area contributed by atoms with Crippen LogP contribution in [0.1, 0.15) is 76.0 Å². The van der Waals surface area contributed by atoms with Crippen LogP contribution < -0.4 is 5.32 Å². The molecular weight excluding hydrogens is 488 g/mol. The first-order valence-corrected chi connectivity index (χ1v) is 13.6. The summed E-state index contributed by atoms with van der Waals surface area (Å²) in [4.78, 5) is 35.1. The zero-order valence-electron chi connectivity index (χ0n) is 23.9. The molecule has 7 heteroatoms. The molecule has 2 N–H and O–H groups in total. The normalized spacial score (nSPS) is 16.3. The molecule has 2 amide bonds. The van der Waals surface area contributed by atoms with Crippen LogP contribution in [-0.4, -0.2) is 46.6 Å². The van der Waals surface area contributed by atoms with Crippen molar-refractivity contribution < 1.29 is 14.3 Å². The summed E-state index contributed by atoms with van der Waals surface area (Å²) < 4.78 is 4.73. The molecule has 3 aromatic rings. The van der Waals surface area contributed by atoms with Gasteiger partial charge in [0.2, 0.25) is 5.91 Å². The van der Waals surface area contributed by atoms with Crippen LogP contribution in [0.15, 0.2) is 61.3 Å². The van der Waals surface area contributed by atoms with E-state index in [1.807, 2.05) is 24.9 Å². The first kappa shape index (κ1) is 28.1. The monoisotopic (exact) mass is 528 g/mol. The Bertz CT molecular complexity index is 1320. The van der Waals surface area contributed by atoms with E-state index >= 15 is 0 Å². The van der Waals surface area contributed by atoms with Gasteiger partial charge >= 0.3 is 6.09 Å². The number of aromatic nitrogens is 2. The van der Waals surface area contributed by atoms with Gasteiger partial charge < -0.3 is 19.9 Å². The Morgan fingerprint density at radius 1 is 1.08 bits per heavy atom. The first-order chi connectivity index (χ1) is 18.5. The van der Waals surface area contributed by atoms with Crippen molar-refractivity contribution in [1.29, 1.82) is 0 Å². The lowest BCUT2D eigenvalue weighted by atomic mass is 9.86. The van der Waals surface area contributed by atoms with E-state index in [4.69, 9.17) is 4.74 Å². The van der Waals surface area contributed by atoms with Crippen LogP contribution in [0.2, 0.25) is 0 Å². The number of H-pyrrole nitrogens is 1. The maximum absolute atomic E-state index is 13.4. The van der Waals surface area contributed by atoms with Crippen molar-refractivity contribution in [2.75, 3.05) is 13.7 Å². The highest BCUT2D eigenvalue weighted by Gasteiger charge is 2.37. The van der Waals surface area contributed by atoms with Crippen LogP contribution in [0.3, 0.4) is 0 Å². The Morgan fingerprint density at radius 3 is 2.26 bits per heavy atom. The summed E-state index contributed by atoms with van der Waals surface area (Å²) in [5, 5.41) is 2.69. The molecule has 1 saturated heterocycles. The molecule has 4 rings (SSSR count). The predicted octanol–water partition coefficient (Wildman–Crippen LogP) is 6.48. The molecule has 7 nitrogen and oxygen atoms in total. The summed E-state index contributed by atoms with van der Waals surface area (Å²) in [6.07, 6.45) is 2.90. The predicted molar refractivity (Wildman–Crippen MR) is 155 cm³/mol. The highest BCUT2D eigenvalue weighted by molar-refractivity contribution is 5.86. The average molecular weight is 529 g/mol. The summed E-state index contributed by atoms with van der Waals surface area (Å²) in [6.45, 7) is 15.4. The molecule has 206 valence electrons. The van der Waals surface area contributed by atoms with Crippen molar-refractivity contribution in [2.45, 2.75) is 65.0 Å². The van der Waals surface area contributed by atoms with E-state index < -0.39 is 12.1 Å². The number of benzene rings is 2. The lowest BCUT2D eigenvalue weighted by Crippen LogP contribution is -2.51. The second-order valence-corrected chi connectivity index (χ2v) is 11.6. The van der Waals surface area contributed by atoms with E-state index in [9.17, 15) is 9.59 Å². The van der Waals surface area contributed by atoms with Gasteiger partial charge in [-0.1, -0.05) is 89.7 Å². The zero-order valence-corrected chi connectivity index (χ0v) is 23.9. The van der Waals surface area contributed by atoms with Gasteiger partial charge in [0.1, 0.15) is 11.9 Å². The van der Waals surface area contributed by atoms with Gasteiger partial charge in [0.15, 0.2) is 0 Å². The first-order valence-electron chi connectivity index (χ1n) is 13.6. The van der Waals surface area contributed by atoms with Crippen molar-refractivity contribution >= 4 is 17.6 Å². The van der Waals surface area contributed by atoms with Crippen LogP contribution in [0.25, 0.3) is 16.8 Å². The molecule has 39 heavy (non-hydrogen) atoms. The van der Waals surface area contributed by atoms with Crippen molar-refractivity contribution in [3.05, 3.63) is 83.8 Å². The molecule has 0 bridgehead atoms. The third-order valence-corrected chi connectivity index (χ3v) is 7.48. The quantitative estimate of drug-likeness (QED) is 0.367. The molecule has 0 radical (unpaired) electrons. The third-order valence-electron chi connectivity index (χ3n) is 7.48. The van der Waals surface area contributed by atoms with Gasteiger partial charge in [-0.2, -0.15) is 0 Å². The highest BCUT2D eigenvalue weighted by Crippen LogP contribution is 2.33. The van der Waals surface area contributed by atoms with E-state index in [-0.39, 0.29) is 23.3 Å². The van der Waals surface area contributed by atoms with E-state index in [1.165, 1.54) is 12.7 Å². The fraction of sp³-hybridized carbons (Fsp3) is 0.406. The summed E-state index contributed by atoms with van der Waals surface area (Å²) in [6, 6.07) is 16.1. The Labute approximate surface area is 231 Å². The van der Waals surface area contributed by atoms with Gasteiger partial charge in [-0.15, -0.1) is 0 Å². The number of imidazole rings is 1. The minimum Gasteiger partial charge on any atom is -0.453 e. The average Bonchev–Trinajstić information content (AvgIpc) is 3.60. The number of rotatable bonds is 7. The van der Waals surface area contributed by atoms with Crippen LogP contribution in [0, 0.1) is 5.92 Å². The Balaban J connectivity index is 1.48. The number of aromatic amines is 1. The van der Waals surface area contributed by atoms with Crippen LogP contribution in [0.4, 0.5) is 4.79 Å². The van der Waals surface area contributed by atoms with Gasteiger partial charge in [-0.3, -0.25) is 4.79 Å². The maximum Gasteiger partial charge on any atom is 0.407 e. The number of hydrogen-bond donors (Lipinski definition) is 2. The lowest BCUT2D eigenvalue weighted by molar-refractivity contribution is -0.135. The number of carbonyl (C=O) groups is 2. The van der Waals surface area contributed by atoms with Gasteiger partial charge in [-0.05, 0) is 52.0 Å². The molecule has 0 aliphatic carbocycles. The van der Waals surface area contributed by atoms with Crippen LogP contribution in [0.5, 0.6) is 0 Å². The summed E-state index contributed by atoms with van der Waals surface area (Å²) in [5.41, 5.74) is 6.46. The van der Waals surface area contributed by atoms with Crippen molar-refractivity contribution in [3.63, 3.8) is 0 Å². The summed E-state index contributed by atoms with van der Waals surface area (Å²) in [7, 11) is 1.30. The molecular formula is C32H40N4O3. The van der Waals surface area contributed by atoms with E-state index in [0.717, 1.165) is 46.6 Å². The minimum atomic E-state index is -0.655. The molecule has 2 aromatic carbocycles. The molecule has 0 saturated carbocycles. The molecule has 1 aliphatic heterocycles. The summed E-state index contributed by atoms with van der Waals surface area (Å²) >= 11 is 0. The number of ether oxygens (including phenoxy) is 1. The molecule has 0 spiro atoms. The van der Waals surface area contributed by atoms with Gasteiger partial charge in [0, 0.05) is 6.54 Å².